The van der Waals surface area contributed by atoms with Crippen LogP contribution in [0.2, 0.25) is 0 Å². The maximum Gasteiger partial charge on any atom is 0.340 e. The first-order valence-electron chi connectivity index (χ1n) is 9.73. The summed E-state index contributed by atoms with van der Waals surface area (Å²) in [6.45, 7) is 4.01. The number of methoxy groups -OCH3 is 1. The summed E-state index contributed by atoms with van der Waals surface area (Å²) in [5.74, 6) is 0.792. The minimum absolute atomic E-state index is 0.299. The SMILES string of the molecule is CCOC(=O)c1c(CSc2nnnn2-c2ccc(OC)cc2)nc2ccccc2c1C. The summed E-state index contributed by atoms with van der Waals surface area (Å²) < 4.78 is 12.2. The van der Waals surface area contributed by atoms with Gasteiger partial charge in [0.1, 0.15) is 5.75 Å². The minimum atomic E-state index is -0.372. The molecule has 0 spiro atoms. The number of thioether (sulfide) groups is 1. The second kappa shape index (κ2) is 9.13. The number of carbonyl (C=O) groups is 1. The summed E-state index contributed by atoms with van der Waals surface area (Å²) in [7, 11) is 1.62. The van der Waals surface area contributed by atoms with Crippen molar-refractivity contribution in [1.29, 1.82) is 0 Å². The van der Waals surface area contributed by atoms with Gasteiger partial charge in [-0.25, -0.2) is 4.79 Å². The van der Waals surface area contributed by atoms with Crippen molar-refractivity contribution in [3.63, 3.8) is 0 Å². The van der Waals surface area contributed by atoms with Crippen molar-refractivity contribution in [1.82, 2.24) is 25.2 Å². The van der Waals surface area contributed by atoms with E-state index in [-0.39, 0.29) is 5.97 Å². The summed E-state index contributed by atoms with van der Waals surface area (Å²) in [6, 6.07) is 15.2. The van der Waals surface area contributed by atoms with Crippen molar-refractivity contribution >= 4 is 28.6 Å². The van der Waals surface area contributed by atoms with Gasteiger partial charge in [-0.3, -0.25) is 4.98 Å². The number of pyridine rings is 1. The Balaban J connectivity index is 1.67. The number of nitrogens with zero attached hydrogens (tertiary/aromatic N) is 5. The minimum Gasteiger partial charge on any atom is -0.497 e. The molecule has 0 fully saturated rings. The number of fused-ring (bicyclic) bond motifs is 1. The lowest BCUT2D eigenvalue weighted by molar-refractivity contribution is 0.0524. The number of aromatic nitrogens is 5. The van der Waals surface area contributed by atoms with Crippen LogP contribution in [-0.4, -0.2) is 44.9 Å². The molecule has 8 nitrogen and oxygen atoms in total. The zero-order chi connectivity index (χ0) is 21.8. The van der Waals surface area contributed by atoms with Gasteiger partial charge < -0.3 is 9.47 Å². The van der Waals surface area contributed by atoms with Crippen LogP contribution < -0.4 is 4.74 Å². The first-order chi connectivity index (χ1) is 15.1. The third kappa shape index (κ3) is 4.22. The monoisotopic (exact) mass is 435 g/mol. The average molecular weight is 436 g/mol. The third-order valence-electron chi connectivity index (χ3n) is 4.80. The van der Waals surface area contributed by atoms with Gasteiger partial charge >= 0.3 is 5.97 Å². The highest BCUT2D eigenvalue weighted by atomic mass is 32.2. The second-order valence-corrected chi connectivity index (χ2v) is 7.60. The van der Waals surface area contributed by atoms with E-state index in [2.05, 4.69) is 15.5 Å². The molecule has 0 saturated heterocycles. The summed E-state index contributed by atoms with van der Waals surface area (Å²) in [6.07, 6.45) is 0. The van der Waals surface area contributed by atoms with E-state index in [4.69, 9.17) is 14.5 Å². The van der Waals surface area contributed by atoms with E-state index in [0.29, 0.717) is 28.8 Å². The average Bonchev–Trinajstić information content (AvgIpc) is 3.26. The number of para-hydroxylation sites is 1. The van der Waals surface area contributed by atoms with Crippen molar-refractivity contribution in [3.05, 3.63) is 65.4 Å². The first-order valence-corrected chi connectivity index (χ1v) is 10.7. The van der Waals surface area contributed by atoms with Gasteiger partial charge in [-0.05, 0) is 60.2 Å². The zero-order valence-corrected chi connectivity index (χ0v) is 18.2. The Morgan fingerprint density at radius 3 is 2.65 bits per heavy atom. The molecule has 0 aliphatic carbocycles. The normalized spacial score (nSPS) is 10.9. The van der Waals surface area contributed by atoms with E-state index in [1.54, 1.807) is 18.7 Å². The highest BCUT2D eigenvalue weighted by Gasteiger charge is 2.21. The van der Waals surface area contributed by atoms with Gasteiger partial charge in [-0.15, -0.1) is 5.10 Å². The van der Waals surface area contributed by atoms with Gasteiger partial charge in [0, 0.05) is 11.1 Å². The Kier molecular flexibility index (Phi) is 6.13. The maximum atomic E-state index is 12.7. The van der Waals surface area contributed by atoms with Gasteiger partial charge in [0.2, 0.25) is 5.16 Å². The summed E-state index contributed by atoms with van der Waals surface area (Å²) >= 11 is 1.40. The number of esters is 1. The highest BCUT2D eigenvalue weighted by molar-refractivity contribution is 7.98. The summed E-state index contributed by atoms with van der Waals surface area (Å²) in [5, 5.41) is 13.6. The molecule has 158 valence electrons. The fourth-order valence-corrected chi connectivity index (χ4v) is 4.14. The molecule has 31 heavy (non-hydrogen) atoms. The van der Waals surface area contributed by atoms with Gasteiger partial charge in [-0.2, -0.15) is 4.68 Å². The number of rotatable bonds is 7. The molecule has 0 bridgehead atoms. The maximum absolute atomic E-state index is 12.7. The largest absolute Gasteiger partial charge is 0.497 e. The van der Waals surface area contributed by atoms with Crippen LogP contribution in [0.15, 0.2) is 53.7 Å². The van der Waals surface area contributed by atoms with Crippen LogP contribution >= 0.6 is 11.8 Å². The molecular formula is C22H21N5O3S. The highest BCUT2D eigenvalue weighted by Crippen LogP contribution is 2.29. The van der Waals surface area contributed by atoms with Crippen LogP contribution in [0.25, 0.3) is 16.6 Å². The van der Waals surface area contributed by atoms with Crippen LogP contribution in [0.4, 0.5) is 0 Å². The molecule has 0 atom stereocenters. The Morgan fingerprint density at radius 1 is 1.13 bits per heavy atom. The number of tetrazole rings is 1. The van der Waals surface area contributed by atoms with Crippen molar-refractivity contribution in [2.24, 2.45) is 0 Å². The Morgan fingerprint density at radius 2 is 1.90 bits per heavy atom. The van der Waals surface area contributed by atoms with Crippen LogP contribution in [-0.2, 0) is 10.5 Å². The zero-order valence-electron chi connectivity index (χ0n) is 17.4. The summed E-state index contributed by atoms with van der Waals surface area (Å²) in [4.78, 5) is 17.5. The molecule has 2 aromatic carbocycles. The molecule has 4 aromatic rings. The standard InChI is InChI=1S/C22H21N5O3S/c1-4-30-21(28)20-14(2)17-7-5-6-8-18(17)23-19(20)13-31-22-24-25-26-27(22)15-9-11-16(29-3)12-10-15/h5-12H,4,13H2,1-3H3. The van der Waals surface area contributed by atoms with Gasteiger partial charge in [-0.1, -0.05) is 30.0 Å². The number of aryl methyl sites for hydroxylation is 1. The van der Waals surface area contributed by atoms with Crippen LogP contribution in [0.5, 0.6) is 5.75 Å². The smallest absolute Gasteiger partial charge is 0.340 e. The van der Waals surface area contributed by atoms with E-state index in [1.807, 2.05) is 55.5 Å². The van der Waals surface area contributed by atoms with E-state index >= 15 is 0 Å². The Bertz CT molecular complexity index is 1220. The molecule has 0 aliphatic rings. The lowest BCUT2D eigenvalue weighted by atomic mass is 10.0. The lowest BCUT2D eigenvalue weighted by Gasteiger charge is -2.13. The number of hydrogen-bond donors (Lipinski definition) is 0. The van der Waals surface area contributed by atoms with E-state index in [0.717, 1.165) is 27.9 Å². The predicted octanol–water partition coefficient (Wildman–Crippen LogP) is 4.00. The van der Waals surface area contributed by atoms with E-state index in [9.17, 15) is 4.79 Å². The van der Waals surface area contributed by atoms with Crippen LogP contribution in [0, 0.1) is 6.92 Å². The van der Waals surface area contributed by atoms with Crippen LogP contribution in [0.1, 0.15) is 28.5 Å². The van der Waals surface area contributed by atoms with Crippen molar-refractivity contribution in [2.75, 3.05) is 13.7 Å². The van der Waals surface area contributed by atoms with Crippen molar-refractivity contribution in [3.8, 4) is 11.4 Å². The number of hydrogen-bond acceptors (Lipinski definition) is 8. The van der Waals surface area contributed by atoms with E-state index < -0.39 is 0 Å². The Hall–Kier alpha value is -3.46. The molecular weight excluding hydrogens is 414 g/mol. The molecule has 0 amide bonds. The van der Waals surface area contributed by atoms with Crippen molar-refractivity contribution < 1.29 is 14.3 Å². The fourth-order valence-electron chi connectivity index (χ4n) is 3.31. The molecule has 4 rings (SSSR count). The molecule has 0 radical (unpaired) electrons. The van der Waals surface area contributed by atoms with Crippen molar-refractivity contribution in [2.45, 2.75) is 24.8 Å². The molecule has 0 aliphatic heterocycles. The molecule has 0 N–H and O–H groups in total. The second-order valence-electron chi connectivity index (χ2n) is 6.66. The number of carbonyl (C=O) groups excluding carboxylic acids is 1. The predicted molar refractivity (Wildman–Crippen MR) is 118 cm³/mol. The van der Waals surface area contributed by atoms with E-state index in [1.165, 1.54) is 11.8 Å². The van der Waals surface area contributed by atoms with Gasteiger partial charge in [0.05, 0.1) is 36.2 Å². The quantitative estimate of drug-likeness (QED) is 0.318. The van der Waals surface area contributed by atoms with Gasteiger partial charge in [0.15, 0.2) is 0 Å². The molecule has 0 unspecified atom stereocenters. The molecule has 0 saturated carbocycles. The molecule has 2 aromatic heterocycles. The molecule has 9 heteroatoms. The first kappa shape index (κ1) is 20.8. The third-order valence-corrected chi connectivity index (χ3v) is 5.73. The lowest BCUT2D eigenvalue weighted by Crippen LogP contribution is -2.12. The number of benzene rings is 2. The summed E-state index contributed by atoms with van der Waals surface area (Å²) in [5.41, 5.74) is 3.63. The molecule has 2 heterocycles. The van der Waals surface area contributed by atoms with Crippen LogP contribution in [0.3, 0.4) is 0 Å². The van der Waals surface area contributed by atoms with Gasteiger partial charge in [0.25, 0.3) is 0 Å². The number of ether oxygens (including phenoxy) is 2. The Labute approximate surface area is 183 Å². The fraction of sp³-hybridized carbons (Fsp3) is 0.227. The topological polar surface area (TPSA) is 92.0 Å².